The van der Waals surface area contributed by atoms with Gasteiger partial charge in [-0.2, -0.15) is 0 Å². The Balaban J connectivity index is 1.66. The number of benzene rings is 2. The van der Waals surface area contributed by atoms with E-state index in [1.54, 1.807) is 19.1 Å². The molecule has 0 spiro atoms. The third-order valence-corrected chi connectivity index (χ3v) is 4.80. The summed E-state index contributed by atoms with van der Waals surface area (Å²) in [7, 11) is 0. The van der Waals surface area contributed by atoms with Gasteiger partial charge in [-0.15, -0.1) is 0 Å². The van der Waals surface area contributed by atoms with Gasteiger partial charge in [0.15, 0.2) is 0 Å². The normalized spacial score (nSPS) is 15.0. The molecule has 2 aromatic carbocycles. The average Bonchev–Trinajstić information content (AvgIpc) is 3.03. The second-order valence-electron chi connectivity index (χ2n) is 6.49. The third-order valence-electron chi connectivity index (χ3n) is 4.47. The van der Waals surface area contributed by atoms with E-state index in [4.69, 9.17) is 11.6 Å². The number of rotatable bonds is 5. The summed E-state index contributed by atoms with van der Waals surface area (Å²) in [4.78, 5) is 26.1. The van der Waals surface area contributed by atoms with Gasteiger partial charge in [0, 0.05) is 24.3 Å². The molecule has 0 aromatic heterocycles. The molecule has 0 bridgehead atoms. The topological polar surface area (TPSA) is 61.4 Å². The number of anilines is 3. The number of carbonyl (C=O) groups is 2. The van der Waals surface area contributed by atoms with Gasteiger partial charge in [-0.1, -0.05) is 23.7 Å². The maximum atomic E-state index is 12.4. The minimum absolute atomic E-state index is 0.168. The number of para-hydroxylation sites is 1. The second-order valence-corrected chi connectivity index (χ2v) is 6.89. The molecule has 2 N–H and O–H groups in total. The van der Waals surface area contributed by atoms with Crippen LogP contribution >= 0.6 is 11.6 Å². The molecular weight excluding hydrogens is 350 g/mol. The Kier molecular flexibility index (Phi) is 5.47. The molecule has 0 aliphatic carbocycles. The quantitative estimate of drug-likeness (QED) is 0.827. The van der Waals surface area contributed by atoms with E-state index in [0.717, 1.165) is 29.9 Å². The van der Waals surface area contributed by atoms with Gasteiger partial charge in [0.25, 0.3) is 0 Å². The molecule has 5 nitrogen and oxygen atoms in total. The molecule has 2 amide bonds. The smallest absolute Gasteiger partial charge is 0.246 e. The predicted molar refractivity (Wildman–Crippen MR) is 106 cm³/mol. The molecule has 1 fully saturated rings. The lowest BCUT2D eigenvalue weighted by atomic mass is 10.1. The monoisotopic (exact) mass is 371 g/mol. The van der Waals surface area contributed by atoms with E-state index in [0.29, 0.717) is 17.1 Å². The summed E-state index contributed by atoms with van der Waals surface area (Å²) < 4.78 is 0. The van der Waals surface area contributed by atoms with E-state index in [1.807, 2.05) is 42.2 Å². The van der Waals surface area contributed by atoms with Crippen LogP contribution in [0.1, 0.15) is 25.3 Å². The zero-order chi connectivity index (χ0) is 18.7. The Morgan fingerprint density at radius 2 is 2.00 bits per heavy atom. The average molecular weight is 372 g/mol. The summed E-state index contributed by atoms with van der Waals surface area (Å²) in [5, 5.41) is 6.52. The summed E-state index contributed by atoms with van der Waals surface area (Å²) in [5.74, 6) is -0.00385. The number of hydrogen-bond donors (Lipinski definition) is 2. The van der Waals surface area contributed by atoms with Gasteiger partial charge < -0.3 is 15.5 Å². The first kappa shape index (κ1) is 18.3. The lowest BCUT2D eigenvalue weighted by Gasteiger charge is -2.20. The molecule has 1 atom stereocenters. The summed E-state index contributed by atoms with van der Waals surface area (Å²) in [6.07, 6.45) is 1.51. The van der Waals surface area contributed by atoms with Crippen LogP contribution in [0.25, 0.3) is 0 Å². The van der Waals surface area contributed by atoms with Crippen LogP contribution in [0, 0.1) is 6.92 Å². The molecule has 6 heteroatoms. The maximum Gasteiger partial charge on any atom is 0.246 e. The third kappa shape index (κ3) is 3.99. The van der Waals surface area contributed by atoms with Gasteiger partial charge in [-0.25, -0.2) is 0 Å². The second kappa shape index (κ2) is 7.79. The molecule has 1 saturated heterocycles. The highest BCUT2D eigenvalue weighted by Crippen LogP contribution is 2.28. The van der Waals surface area contributed by atoms with Crippen molar-refractivity contribution in [2.75, 3.05) is 22.1 Å². The summed E-state index contributed by atoms with van der Waals surface area (Å²) in [6, 6.07) is 12.5. The summed E-state index contributed by atoms with van der Waals surface area (Å²) in [5.41, 5.74) is 3.36. The fourth-order valence-corrected chi connectivity index (χ4v) is 3.25. The molecule has 3 rings (SSSR count). The Morgan fingerprint density at radius 3 is 2.65 bits per heavy atom. The molecule has 1 aliphatic rings. The van der Waals surface area contributed by atoms with Crippen LogP contribution in [0.5, 0.6) is 0 Å². The first-order chi connectivity index (χ1) is 12.5. The lowest BCUT2D eigenvalue weighted by Crippen LogP contribution is -2.32. The number of nitrogens with zero attached hydrogens (tertiary/aromatic N) is 1. The molecule has 1 heterocycles. The fraction of sp³-hybridized carbons (Fsp3) is 0.300. The number of aryl methyl sites for hydroxylation is 1. The predicted octanol–water partition coefficient (Wildman–Crippen LogP) is 4.21. The lowest BCUT2D eigenvalue weighted by molar-refractivity contribution is -0.117. The van der Waals surface area contributed by atoms with Crippen molar-refractivity contribution in [2.24, 2.45) is 0 Å². The van der Waals surface area contributed by atoms with E-state index >= 15 is 0 Å². The van der Waals surface area contributed by atoms with Gasteiger partial charge in [0.1, 0.15) is 6.04 Å². The number of hydrogen-bond acceptors (Lipinski definition) is 3. The van der Waals surface area contributed by atoms with Gasteiger partial charge in [0.05, 0.1) is 10.7 Å². The van der Waals surface area contributed by atoms with Crippen molar-refractivity contribution in [1.29, 1.82) is 0 Å². The van der Waals surface area contributed by atoms with Crippen molar-refractivity contribution in [1.82, 2.24) is 0 Å². The van der Waals surface area contributed by atoms with Crippen molar-refractivity contribution >= 4 is 40.5 Å². The summed E-state index contributed by atoms with van der Waals surface area (Å²) in [6.45, 7) is 4.53. The zero-order valence-corrected chi connectivity index (χ0v) is 15.6. The zero-order valence-electron chi connectivity index (χ0n) is 14.9. The van der Waals surface area contributed by atoms with E-state index < -0.39 is 6.04 Å². The van der Waals surface area contributed by atoms with Gasteiger partial charge in [-0.3, -0.25) is 9.59 Å². The van der Waals surface area contributed by atoms with E-state index in [-0.39, 0.29) is 11.8 Å². The molecule has 26 heavy (non-hydrogen) atoms. The van der Waals surface area contributed by atoms with Crippen LogP contribution in [-0.4, -0.2) is 24.4 Å². The van der Waals surface area contributed by atoms with E-state index in [9.17, 15) is 9.59 Å². The minimum atomic E-state index is -0.440. The highest BCUT2D eigenvalue weighted by atomic mass is 35.5. The van der Waals surface area contributed by atoms with Crippen LogP contribution in [0.4, 0.5) is 17.1 Å². The van der Waals surface area contributed by atoms with Crippen molar-refractivity contribution < 1.29 is 9.59 Å². The number of halogens is 1. The molecule has 136 valence electrons. The standard InChI is InChI=1S/C20H22ClN3O2/c1-13-12-15(9-10-18(13)24-11-5-8-19(24)25)22-14(2)20(26)23-17-7-4-3-6-16(17)21/h3-4,6-7,9-10,12,14,22H,5,8,11H2,1-2H3,(H,23,26)/t14-/m1/s1. The molecular formula is C20H22ClN3O2. The molecule has 0 radical (unpaired) electrons. The van der Waals surface area contributed by atoms with Crippen molar-refractivity contribution in [3.05, 3.63) is 53.1 Å². The first-order valence-electron chi connectivity index (χ1n) is 8.68. The van der Waals surface area contributed by atoms with Crippen LogP contribution in [0.2, 0.25) is 5.02 Å². The largest absolute Gasteiger partial charge is 0.374 e. The molecule has 1 aliphatic heterocycles. The van der Waals surface area contributed by atoms with Gasteiger partial charge >= 0.3 is 0 Å². The van der Waals surface area contributed by atoms with Crippen LogP contribution in [0.15, 0.2) is 42.5 Å². The minimum Gasteiger partial charge on any atom is -0.374 e. The number of amides is 2. The molecule has 0 unspecified atom stereocenters. The Morgan fingerprint density at radius 1 is 1.23 bits per heavy atom. The maximum absolute atomic E-state index is 12.4. The van der Waals surface area contributed by atoms with E-state index in [1.165, 1.54) is 0 Å². The van der Waals surface area contributed by atoms with Crippen LogP contribution in [0.3, 0.4) is 0 Å². The van der Waals surface area contributed by atoms with Crippen LogP contribution in [-0.2, 0) is 9.59 Å². The molecule has 2 aromatic rings. The summed E-state index contributed by atoms with van der Waals surface area (Å²) >= 11 is 6.08. The van der Waals surface area contributed by atoms with E-state index in [2.05, 4.69) is 10.6 Å². The van der Waals surface area contributed by atoms with Crippen molar-refractivity contribution in [3.8, 4) is 0 Å². The fourth-order valence-electron chi connectivity index (χ4n) is 3.07. The first-order valence-corrected chi connectivity index (χ1v) is 9.06. The Hall–Kier alpha value is -2.53. The highest BCUT2D eigenvalue weighted by Gasteiger charge is 2.23. The van der Waals surface area contributed by atoms with Gasteiger partial charge in [0.2, 0.25) is 11.8 Å². The molecule has 0 saturated carbocycles. The van der Waals surface area contributed by atoms with Gasteiger partial charge in [-0.05, 0) is 56.2 Å². The number of carbonyl (C=O) groups excluding carboxylic acids is 2. The van der Waals surface area contributed by atoms with Crippen LogP contribution < -0.4 is 15.5 Å². The van der Waals surface area contributed by atoms with Crippen molar-refractivity contribution in [3.63, 3.8) is 0 Å². The van der Waals surface area contributed by atoms with Crippen molar-refractivity contribution in [2.45, 2.75) is 32.7 Å². The number of nitrogens with one attached hydrogen (secondary N) is 2. The highest BCUT2D eigenvalue weighted by molar-refractivity contribution is 6.33. The Bertz CT molecular complexity index is 838. The SMILES string of the molecule is Cc1cc(N[C@H](C)C(=O)Nc2ccccc2Cl)ccc1N1CCCC1=O. The Labute approximate surface area is 158 Å².